The zero-order valence-corrected chi connectivity index (χ0v) is 18.9. The summed E-state index contributed by atoms with van der Waals surface area (Å²) < 4.78 is 2.20. The summed E-state index contributed by atoms with van der Waals surface area (Å²) in [6.45, 7) is 5.11. The normalized spacial score (nSPS) is 18.6. The molecule has 5 heteroatoms. The Hall–Kier alpha value is -2.08. The highest BCUT2D eigenvalue weighted by Gasteiger charge is 2.20. The van der Waals surface area contributed by atoms with E-state index in [9.17, 15) is 9.59 Å². The minimum Gasteiger partial charge on any atom is -0.296 e. The fraction of sp³-hybridized carbons (Fsp3) is 0.462. The van der Waals surface area contributed by atoms with Gasteiger partial charge in [-0.2, -0.15) is 0 Å². The molecule has 0 N–H and O–H groups in total. The molecule has 0 amide bonds. The van der Waals surface area contributed by atoms with Crippen LogP contribution in [0.3, 0.4) is 0 Å². The summed E-state index contributed by atoms with van der Waals surface area (Å²) in [4.78, 5) is 30.6. The van der Waals surface area contributed by atoms with E-state index in [4.69, 9.17) is 0 Å². The van der Waals surface area contributed by atoms with E-state index in [1.165, 1.54) is 38.5 Å². The van der Waals surface area contributed by atoms with Gasteiger partial charge in [0.15, 0.2) is 11.6 Å². The highest BCUT2D eigenvalue weighted by molar-refractivity contribution is 7.26. The lowest BCUT2D eigenvalue weighted by Crippen LogP contribution is -2.34. The van der Waals surface area contributed by atoms with Gasteiger partial charge in [-0.3, -0.25) is 19.4 Å². The van der Waals surface area contributed by atoms with Gasteiger partial charge < -0.3 is 0 Å². The molecule has 5 rings (SSSR count). The maximum absolute atomic E-state index is 13.1. The van der Waals surface area contributed by atoms with Crippen LogP contribution in [0.5, 0.6) is 0 Å². The third-order valence-corrected chi connectivity index (χ3v) is 7.97. The summed E-state index contributed by atoms with van der Waals surface area (Å²) in [5.41, 5.74) is 1.60. The number of carbonyl (C=O) groups is 2. The van der Waals surface area contributed by atoms with Crippen LogP contribution in [0.1, 0.15) is 59.2 Å². The second-order valence-corrected chi connectivity index (χ2v) is 10.1. The predicted molar refractivity (Wildman–Crippen MR) is 129 cm³/mol. The molecule has 31 heavy (non-hydrogen) atoms. The van der Waals surface area contributed by atoms with Crippen LogP contribution in [0.25, 0.3) is 20.2 Å². The molecule has 0 atom stereocenters. The molecule has 0 aliphatic carbocycles. The Morgan fingerprint density at radius 3 is 2.06 bits per heavy atom. The second kappa shape index (κ2) is 9.19. The number of thiophene rings is 1. The molecule has 2 aliphatic heterocycles. The maximum Gasteiger partial charge on any atom is 0.178 e. The third kappa shape index (κ3) is 4.45. The van der Waals surface area contributed by atoms with Gasteiger partial charge in [-0.05, 0) is 76.1 Å². The van der Waals surface area contributed by atoms with E-state index in [0.717, 1.165) is 57.5 Å². The summed E-state index contributed by atoms with van der Waals surface area (Å²) in [5.74, 6) is 0.404. The minimum absolute atomic E-state index is 0.195. The van der Waals surface area contributed by atoms with Gasteiger partial charge in [0.05, 0.1) is 13.1 Å². The fourth-order valence-corrected chi connectivity index (χ4v) is 6.22. The Bertz CT molecular complexity index is 1110. The maximum atomic E-state index is 13.1. The first-order valence-corrected chi connectivity index (χ1v) is 12.5. The largest absolute Gasteiger partial charge is 0.296 e. The number of fused-ring (bicyclic) bond motifs is 3. The van der Waals surface area contributed by atoms with Gasteiger partial charge in [0.25, 0.3) is 0 Å². The van der Waals surface area contributed by atoms with E-state index >= 15 is 0 Å². The molecule has 2 aliphatic rings. The lowest BCUT2D eigenvalue weighted by atomic mass is 10.0. The molecule has 3 aromatic rings. The minimum atomic E-state index is 0.195. The van der Waals surface area contributed by atoms with Crippen LogP contribution >= 0.6 is 11.3 Å². The lowest BCUT2D eigenvalue weighted by molar-refractivity contribution is 0.0909. The zero-order valence-electron chi connectivity index (χ0n) is 18.1. The molecule has 2 aromatic carbocycles. The van der Waals surface area contributed by atoms with Crippen molar-refractivity contribution in [3.8, 4) is 0 Å². The van der Waals surface area contributed by atoms with Gasteiger partial charge in [-0.15, -0.1) is 11.3 Å². The van der Waals surface area contributed by atoms with Gasteiger partial charge in [0.2, 0.25) is 0 Å². The summed E-state index contributed by atoms with van der Waals surface area (Å²) in [6.07, 6.45) is 7.31. The van der Waals surface area contributed by atoms with Crippen LogP contribution in [0, 0.1) is 0 Å². The Morgan fingerprint density at radius 2 is 1.39 bits per heavy atom. The molecule has 0 spiro atoms. The molecule has 0 saturated carbocycles. The number of rotatable bonds is 6. The topological polar surface area (TPSA) is 40.6 Å². The van der Waals surface area contributed by atoms with Crippen molar-refractivity contribution in [2.24, 2.45) is 0 Å². The van der Waals surface area contributed by atoms with E-state index < -0.39 is 0 Å². The standard InChI is InChI=1S/C26H30N2O2S/c29-23(17-27-12-3-1-4-13-27)19-10-11-25-22(16-19)20-8-7-9-21(26(20)31-25)24(30)18-28-14-5-2-6-15-28/h7-11,16H,1-6,12-15,17-18H2. The van der Waals surface area contributed by atoms with Crippen LogP contribution < -0.4 is 0 Å². The number of hydrogen-bond acceptors (Lipinski definition) is 5. The second-order valence-electron chi connectivity index (χ2n) is 9.02. The first-order chi connectivity index (χ1) is 15.2. The molecule has 2 fully saturated rings. The Morgan fingerprint density at radius 1 is 0.742 bits per heavy atom. The van der Waals surface area contributed by atoms with E-state index in [1.54, 1.807) is 11.3 Å². The van der Waals surface area contributed by atoms with Crippen molar-refractivity contribution in [3.63, 3.8) is 0 Å². The summed E-state index contributed by atoms with van der Waals surface area (Å²) in [6, 6.07) is 12.1. The molecule has 1 aromatic heterocycles. The number of carbonyl (C=O) groups excluding carboxylic acids is 2. The predicted octanol–water partition coefficient (Wildman–Crippen LogP) is 5.39. The highest BCUT2D eigenvalue weighted by atomic mass is 32.1. The highest BCUT2D eigenvalue weighted by Crippen LogP contribution is 2.36. The molecule has 0 radical (unpaired) electrons. The SMILES string of the molecule is O=C(CN1CCCCC1)c1ccc2sc3c(C(=O)CN4CCCCC4)cccc3c2c1. The number of ketones is 2. The monoisotopic (exact) mass is 434 g/mol. The molecule has 2 saturated heterocycles. The van der Waals surface area contributed by atoms with Crippen LogP contribution in [0.15, 0.2) is 36.4 Å². The number of hydrogen-bond donors (Lipinski definition) is 0. The molecular weight excluding hydrogens is 404 g/mol. The first kappa shape index (κ1) is 20.8. The molecular formula is C26H30N2O2S. The molecule has 0 bridgehead atoms. The number of Topliss-reactive ketones (excluding diaryl/α,β-unsaturated/α-hetero) is 2. The Balaban J connectivity index is 1.42. The number of piperidine rings is 2. The van der Waals surface area contributed by atoms with Crippen LogP contribution in [0.4, 0.5) is 0 Å². The van der Waals surface area contributed by atoms with Gasteiger partial charge >= 0.3 is 0 Å². The summed E-state index contributed by atoms with van der Waals surface area (Å²) >= 11 is 1.67. The van der Waals surface area contributed by atoms with E-state index in [0.29, 0.717) is 13.1 Å². The molecule has 3 heterocycles. The summed E-state index contributed by atoms with van der Waals surface area (Å²) in [7, 11) is 0. The van der Waals surface area contributed by atoms with Crippen molar-refractivity contribution in [2.45, 2.75) is 38.5 Å². The number of nitrogens with zero attached hydrogens (tertiary/aromatic N) is 2. The van der Waals surface area contributed by atoms with E-state index in [-0.39, 0.29) is 11.6 Å². The molecule has 4 nitrogen and oxygen atoms in total. The van der Waals surface area contributed by atoms with Crippen molar-refractivity contribution in [1.82, 2.24) is 9.80 Å². The Labute approximate surface area is 187 Å². The van der Waals surface area contributed by atoms with Crippen LogP contribution in [0.2, 0.25) is 0 Å². The van der Waals surface area contributed by atoms with Gasteiger partial charge in [0, 0.05) is 31.3 Å². The Kier molecular flexibility index (Phi) is 6.17. The summed E-state index contributed by atoms with van der Waals surface area (Å²) in [5, 5.41) is 2.19. The van der Waals surface area contributed by atoms with E-state index in [1.807, 2.05) is 24.3 Å². The van der Waals surface area contributed by atoms with Crippen molar-refractivity contribution in [1.29, 1.82) is 0 Å². The number of benzene rings is 2. The smallest absolute Gasteiger partial charge is 0.178 e. The van der Waals surface area contributed by atoms with Crippen molar-refractivity contribution < 1.29 is 9.59 Å². The van der Waals surface area contributed by atoms with Crippen molar-refractivity contribution in [3.05, 3.63) is 47.5 Å². The zero-order chi connectivity index (χ0) is 21.2. The van der Waals surface area contributed by atoms with Crippen molar-refractivity contribution >= 4 is 43.1 Å². The van der Waals surface area contributed by atoms with Crippen LogP contribution in [-0.2, 0) is 0 Å². The van der Waals surface area contributed by atoms with Gasteiger partial charge in [0.1, 0.15) is 0 Å². The van der Waals surface area contributed by atoms with E-state index in [2.05, 4.69) is 21.9 Å². The van der Waals surface area contributed by atoms with Gasteiger partial charge in [-0.25, -0.2) is 0 Å². The number of likely N-dealkylation sites (tertiary alicyclic amines) is 2. The average molecular weight is 435 g/mol. The van der Waals surface area contributed by atoms with Crippen LogP contribution in [-0.4, -0.2) is 60.6 Å². The fourth-order valence-electron chi connectivity index (χ4n) is 5.01. The first-order valence-electron chi connectivity index (χ1n) is 11.7. The quantitative estimate of drug-likeness (QED) is 0.488. The van der Waals surface area contributed by atoms with Gasteiger partial charge in [-0.1, -0.05) is 25.0 Å². The third-order valence-electron chi connectivity index (χ3n) is 6.75. The molecule has 162 valence electrons. The molecule has 0 unspecified atom stereocenters. The lowest BCUT2D eigenvalue weighted by Gasteiger charge is -2.25. The average Bonchev–Trinajstić information content (AvgIpc) is 3.18. The van der Waals surface area contributed by atoms with Crippen molar-refractivity contribution in [2.75, 3.05) is 39.3 Å².